The van der Waals surface area contributed by atoms with E-state index in [2.05, 4.69) is 10.3 Å². The first-order chi connectivity index (χ1) is 8.60. The molecule has 0 saturated carbocycles. The first-order valence-electron chi connectivity index (χ1n) is 5.20. The van der Waals surface area contributed by atoms with E-state index in [0.717, 1.165) is 6.07 Å². The minimum atomic E-state index is -1.57. The molecule has 0 aliphatic rings. The van der Waals surface area contributed by atoms with Crippen LogP contribution in [0.4, 0.5) is 18.9 Å². The Kier molecular flexibility index (Phi) is 3.06. The maximum absolute atomic E-state index is 13.8. The molecule has 0 amide bonds. The minimum absolute atomic E-state index is 0.0404. The zero-order valence-electron chi connectivity index (χ0n) is 9.39. The SMILES string of the molecule is CCNc1c(C#N)cnc2cc(F)c(F)c(F)c12. The Morgan fingerprint density at radius 2 is 2.06 bits per heavy atom. The van der Waals surface area contributed by atoms with Crippen LogP contribution in [0, 0.1) is 28.8 Å². The van der Waals surface area contributed by atoms with E-state index in [1.807, 2.05) is 6.07 Å². The Bertz CT molecular complexity index is 662. The van der Waals surface area contributed by atoms with E-state index in [1.165, 1.54) is 6.20 Å². The Labute approximate surface area is 101 Å². The van der Waals surface area contributed by atoms with Gasteiger partial charge in [0.15, 0.2) is 17.5 Å². The largest absolute Gasteiger partial charge is 0.384 e. The highest BCUT2D eigenvalue weighted by Gasteiger charge is 2.19. The maximum Gasteiger partial charge on any atom is 0.195 e. The van der Waals surface area contributed by atoms with Gasteiger partial charge >= 0.3 is 0 Å². The summed E-state index contributed by atoms with van der Waals surface area (Å²) in [6.07, 6.45) is 1.19. The average molecular weight is 251 g/mol. The summed E-state index contributed by atoms with van der Waals surface area (Å²) in [7, 11) is 0. The Morgan fingerprint density at radius 3 is 2.67 bits per heavy atom. The van der Waals surface area contributed by atoms with Gasteiger partial charge in [-0.3, -0.25) is 4.98 Å². The molecule has 0 atom stereocenters. The molecule has 1 aromatic heterocycles. The first kappa shape index (κ1) is 12.2. The van der Waals surface area contributed by atoms with Crippen molar-refractivity contribution in [2.75, 3.05) is 11.9 Å². The van der Waals surface area contributed by atoms with Crippen molar-refractivity contribution in [2.24, 2.45) is 0 Å². The molecule has 0 bridgehead atoms. The molecule has 0 aliphatic heterocycles. The molecular formula is C12H8F3N3. The second-order valence-electron chi connectivity index (χ2n) is 3.57. The van der Waals surface area contributed by atoms with Gasteiger partial charge in [-0.15, -0.1) is 0 Å². The molecule has 6 heteroatoms. The number of hydrogen-bond acceptors (Lipinski definition) is 3. The minimum Gasteiger partial charge on any atom is -0.384 e. The van der Waals surface area contributed by atoms with Gasteiger partial charge in [-0.2, -0.15) is 5.26 Å². The fourth-order valence-corrected chi connectivity index (χ4v) is 1.70. The van der Waals surface area contributed by atoms with E-state index in [-0.39, 0.29) is 22.2 Å². The lowest BCUT2D eigenvalue weighted by Gasteiger charge is -2.10. The average Bonchev–Trinajstić information content (AvgIpc) is 2.36. The molecule has 2 aromatic rings. The monoisotopic (exact) mass is 251 g/mol. The molecular weight excluding hydrogens is 243 g/mol. The zero-order valence-corrected chi connectivity index (χ0v) is 9.39. The number of nitrogens with one attached hydrogen (secondary N) is 1. The van der Waals surface area contributed by atoms with Crippen LogP contribution >= 0.6 is 0 Å². The van der Waals surface area contributed by atoms with Crippen LogP contribution in [0.5, 0.6) is 0 Å². The van der Waals surface area contributed by atoms with Crippen molar-refractivity contribution in [3.63, 3.8) is 0 Å². The molecule has 0 fully saturated rings. The smallest absolute Gasteiger partial charge is 0.195 e. The van der Waals surface area contributed by atoms with Gasteiger partial charge < -0.3 is 5.32 Å². The lowest BCUT2D eigenvalue weighted by Crippen LogP contribution is -2.04. The molecule has 0 unspecified atom stereocenters. The van der Waals surface area contributed by atoms with E-state index >= 15 is 0 Å². The first-order valence-corrected chi connectivity index (χ1v) is 5.20. The second kappa shape index (κ2) is 4.53. The summed E-state index contributed by atoms with van der Waals surface area (Å²) in [4.78, 5) is 3.75. The van der Waals surface area contributed by atoms with Gasteiger partial charge in [0, 0.05) is 18.8 Å². The lowest BCUT2D eigenvalue weighted by molar-refractivity contribution is 0.453. The van der Waals surface area contributed by atoms with Crippen LogP contribution < -0.4 is 5.32 Å². The molecule has 3 nitrogen and oxygen atoms in total. The number of halogens is 3. The van der Waals surface area contributed by atoms with Crippen LogP contribution in [0.15, 0.2) is 12.3 Å². The fraction of sp³-hybridized carbons (Fsp3) is 0.167. The molecule has 2 rings (SSSR count). The van der Waals surface area contributed by atoms with Crippen molar-refractivity contribution in [3.05, 3.63) is 35.3 Å². The summed E-state index contributed by atoms with van der Waals surface area (Å²) in [5.74, 6) is -4.22. The normalized spacial score (nSPS) is 10.4. The number of aromatic nitrogens is 1. The molecule has 1 N–H and O–H groups in total. The number of anilines is 1. The third-order valence-corrected chi connectivity index (χ3v) is 2.47. The predicted octanol–water partition coefficient (Wildman–Crippen LogP) is 2.96. The molecule has 0 radical (unpaired) electrons. The van der Waals surface area contributed by atoms with Crippen molar-refractivity contribution in [1.82, 2.24) is 4.98 Å². The van der Waals surface area contributed by atoms with Crippen LogP contribution in [0.3, 0.4) is 0 Å². The Balaban J connectivity index is 2.91. The number of pyridine rings is 1. The van der Waals surface area contributed by atoms with Crippen molar-refractivity contribution in [2.45, 2.75) is 6.92 Å². The van der Waals surface area contributed by atoms with Gasteiger partial charge in [0.05, 0.1) is 22.2 Å². The van der Waals surface area contributed by atoms with Gasteiger partial charge in [-0.05, 0) is 6.92 Å². The molecule has 1 aromatic carbocycles. The summed E-state index contributed by atoms with van der Waals surface area (Å²) in [6.45, 7) is 2.15. The Hall–Kier alpha value is -2.29. The molecule has 1 heterocycles. The molecule has 92 valence electrons. The summed E-state index contributed by atoms with van der Waals surface area (Å²) in [5.41, 5.74) is 0.164. The Morgan fingerprint density at radius 1 is 1.33 bits per heavy atom. The summed E-state index contributed by atoms with van der Waals surface area (Å²) >= 11 is 0. The third-order valence-electron chi connectivity index (χ3n) is 2.47. The zero-order chi connectivity index (χ0) is 13.3. The number of benzene rings is 1. The van der Waals surface area contributed by atoms with Crippen LogP contribution in [-0.4, -0.2) is 11.5 Å². The van der Waals surface area contributed by atoms with Gasteiger partial charge in [0.2, 0.25) is 0 Å². The van der Waals surface area contributed by atoms with Gasteiger partial charge in [0.1, 0.15) is 6.07 Å². The topological polar surface area (TPSA) is 48.7 Å². The van der Waals surface area contributed by atoms with Crippen LogP contribution in [0.1, 0.15) is 12.5 Å². The highest BCUT2D eigenvalue weighted by Crippen LogP contribution is 2.30. The summed E-state index contributed by atoms with van der Waals surface area (Å²) in [6, 6.07) is 2.63. The number of nitriles is 1. The van der Waals surface area contributed by atoms with E-state index in [9.17, 15) is 13.2 Å². The van der Waals surface area contributed by atoms with Crippen LogP contribution in [-0.2, 0) is 0 Å². The fourth-order valence-electron chi connectivity index (χ4n) is 1.70. The van der Waals surface area contributed by atoms with Gasteiger partial charge in [-0.1, -0.05) is 0 Å². The summed E-state index contributed by atoms with van der Waals surface area (Å²) < 4.78 is 40.1. The predicted molar refractivity (Wildman–Crippen MR) is 60.5 cm³/mol. The van der Waals surface area contributed by atoms with E-state index in [0.29, 0.717) is 6.54 Å². The van der Waals surface area contributed by atoms with Crippen molar-refractivity contribution in [1.29, 1.82) is 5.26 Å². The second-order valence-corrected chi connectivity index (χ2v) is 3.57. The number of fused-ring (bicyclic) bond motifs is 1. The van der Waals surface area contributed by atoms with Crippen molar-refractivity contribution in [3.8, 4) is 6.07 Å². The third kappa shape index (κ3) is 1.74. The van der Waals surface area contributed by atoms with E-state index in [1.54, 1.807) is 6.92 Å². The molecule has 0 aliphatic carbocycles. The van der Waals surface area contributed by atoms with E-state index in [4.69, 9.17) is 5.26 Å². The van der Waals surface area contributed by atoms with Crippen molar-refractivity contribution < 1.29 is 13.2 Å². The highest BCUT2D eigenvalue weighted by atomic mass is 19.2. The standard InChI is InChI=1S/C12H8F3N3/c1-2-17-12-6(4-16)5-18-8-3-7(13)10(14)11(15)9(8)12/h3,5H,2H2,1H3,(H,17,18). The molecule has 18 heavy (non-hydrogen) atoms. The number of hydrogen-bond donors (Lipinski definition) is 1. The molecule has 0 spiro atoms. The highest BCUT2D eigenvalue weighted by molar-refractivity contribution is 5.94. The quantitative estimate of drug-likeness (QED) is 0.835. The number of nitrogens with zero attached hydrogens (tertiary/aromatic N) is 2. The van der Waals surface area contributed by atoms with Crippen molar-refractivity contribution >= 4 is 16.6 Å². The van der Waals surface area contributed by atoms with Gasteiger partial charge in [-0.25, -0.2) is 13.2 Å². The number of rotatable bonds is 2. The van der Waals surface area contributed by atoms with Gasteiger partial charge in [0.25, 0.3) is 0 Å². The molecule has 0 saturated heterocycles. The van der Waals surface area contributed by atoms with E-state index < -0.39 is 17.5 Å². The van der Waals surface area contributed by atoms with Crippen LogP contribution in [0.2, 0.25) is 0 Å². The lowest BCUT2D eigenvalue weighted by atomic mass is 10.1. The maximum atomic E-state index is 13.8. The summed E-state index contributed by atoms with van der Waals surface area (Å²) in [5, 5.41) is 11.5. The van der Waals surface area contributed by atoms with Crippen LogP contribution in [0.25, 0.3) is 10.9 Å².